The first-order valence-corrected chi connectivity index (χ1v) is 7.54. The predicted octanol–water partition coefficient (Wildman–Crippen LogP) is 1.25. The van der Waals surface area contributed by atoms with Crippen molar-refractivity contribution in [1.82, 2.24) is 15.3 Å². The second-order valence-electron chi connectivity index (χ2n) is 5.88. The van der Waals surface area contributed by atoms with E-state index in [9.17, 15) is 9.59 Å². The van der Waals surface area contributed by atoms with Crippen LogP contribution in [0.4, 0.5) is 0 Å². The first-order valence-electron chi connectivity index (χ1n) is 7.54. The molecule has 1 heterocycles. The van der Waals surface area contributed by atoms with Crippen molar-refractivity contribution in [2.75, 3.05) is 6.61 Å². The summed E-state index contributed by atoms with van der Waals surface area (Å²) in [5, 5.41) is 11.8. The van der Waals surface area contributed by atoms with Crippen molar-refractivity contribution >= 4 is 11.9 Å². The lowest BCUT2D eigenvalue weighted by atomic mass is 9.51. The second kappa shape index (κ2) is 5.64. The fraction of sp³-hybridized carbons (Fsp3) is 0.600. The summed E-state index contributed by atoms with van der Waals surface area (Å²) in [6, 6.07) is 0.103. The molecule has 22 heavy (non-hydrogen) atoms. The molecule has 1 spiro atoms. The van der Waals surface area contributed by atoms with Crippen molar-refractivity contribution in [3.8, 4) is 0 Å². The molecule has 0 saturated heterocycles. The summed E-state index contributed by atoms with van der Waals surface area (Å²) in [7, 11) is 0. The topological polar surface area (TPSA) is 101 Å². The normalized spacial score (nSPS) is 25.1. The maximum Gasteiger partial charge on any atom is 0.356 e. The minimum absolute atomic E-state index is 0.0834. The van der Waals surface area contributed by atoms with Crippen LogP contribution in [0.15, 0.2) is 12.4 Å². The van der Waals surface area contributed by atoms with Gasteiger partial charge in [-0.15, -0.1) is 0 Å². The van der Waals surface area contributed by atoms with Crippen LogP contribution in [-0.4, -0.2) is 45.7 Å². The molecule has 3 rings (SSSR count). The standard InChI is InChI=1S/C15H19N3O4/c1-2-22-12-6-11(15(12)4-3-5-15)18-13(19)9-7-17-10(8-16-9)14(20)21/h7-8,11-12H,2-6H2,1H3,(H,18,19)(H,20,21). The Morgan fingerprint density at radius 2 is 2.05 bits per heavy atom. The minimum Gasteiger partial charge on any atom is -0.476 e. The maximum atomic E-state index is 12.2. The van der Waals surface area contributed by atoms with Gasteiger partial charge >= 0.3 is 5.97 Å². The molecule has 0 aromatic carbocycles. The Hall–Kier alpha value is -2.02. The van der Waals surface area contributed by atoms with Gasteiger partial charge in [-0.25, -0.2) is 14.8 Å². The Balaban J connectivity index is 1.64. The lowest BCUT2D eigenvalue weighted by Crippen LogP contribution is -2.67. The van der Waals surface area contributed by atoms with E-state index in [-0.39, 0.29) is 34.9 Å². The van der Waals surface area contributed by atoms with Crippen molar-refractivity contribution in [1.29, 1.82) is 0 Å². The monoisotopic (exact) mass is 305 g/mol. The number of carbonyl (C=O) groups excluding carboxylic acids is 1. The van der Waals surface area contributed by atoms with Crippen LogP contribution >= 0.6 is 0 Å². The molecule has 0 bridgehead atoms. The molecule has 0 radical (unpaired) electrons. The van der Waals surface area contributed by atoms with Crippen LogP contribution in [0.2, 0.25) is 0 Å². The number of rotatable bonds is 5. The van der Waals surface area contributed by atoms with E-state index in [1.807, 2.05) is 6.92 Å². The number of hydrogen-bond donors (Lipinski definition) is 2. The first-order chi connectivity index (χ1) is 10.6. The van der Waals surface area contributed by atoms with Gasteiger partial charge in [-0.05, 0) is 26.2 Å². The molecular formula is C15H19N3O4. The quantitative estimate of drug-likeness (QED) is 0.849. The van der Waals surface area contributed by atoms with Gasteiger partial charge in [-0.1, -0.05) is 6.42 Å². The van der Waals surface area contributed by atoms with E-state index in [1.54, 1.807) is 0 Å². The van der Waals surface area contributed by atoms with Crippen LogP contribution in [0.3, 0.4) is 0 Å². The number of aromatic carboxylic acids is 1. The summed E-state index contributed by atoms with van der Waals surface area (Å²) < 4.78 is 5.75. The van der Waals surface area contributed by atoms with Gasteiger partial charge in [-0.3, -0.25) is 4.79 Å². The van der Waals surface area contributed by atoms with Gasteiger partial charge in [0.2, 0.25) is 0 Å². The van der Waals surface area contributed by atoms with Crippen molar-refractivity contribution in [3.63, 3.8) is 0 Å². The zero-order valence-electron chi connectivity index (χ0n) is 12.4. The van der Waals surface area contributed by atoms with Gasteiger partial charge < -0.3 is 15.2 Å². The highest BCUT2D eigenvalue weighted by Crippen LogP contribution is 2.57. The summed E-state index contributed by atoms with van der Waals surface area (Å²) in [6.45, 7) is 2.67. The molecule has 2 fully saturated rings. The Bertz CT molecular complexity index is 583. The number of carbonyl (C=O) groups is 2. The first kappa shape index (κ1) is 14.9. The van der Waals surface area contributed by atoms with Crippen LogP contribution in [0.5, 0.6) is 0 Å². The van der Waals surface area contributed by atoms with Crippen LogP contribution in [0.1, 0.15) is 53.6 Å². The highest BCUT2D eigenvalue weighted by atomic mass is 16.5. The summed E-state index contributed by atoms with van der Waals surface area (Å²) in [6.07, 6.45) is 6.67. The Morgan fingerprint density at radius 3 is 2.55 bits per heavy atom. The third-order valence-corrected chi connectivity index (χ3v) is 4.85. The van der Waals surface area contributed by atoms with Gasteiger partial charge in [0.05, 0.1) is 18.5 Å². The summed E-state index contributed by atoms with van der Waals surface area (Å²) in [4.78, 5) is 30.5. The van der Waals surface area contributed by atoms with Gasteiger partial charge in [0.25, 0.3) is 5.91 Å². The third-order valence-electron chi connectivity index (χ3n) is 4.85. The highest BCUT2D eigenvalue weighted by molar-refractivity contribution is 5.93. The van der Waals surface area contributed by atoms with Crippen molar-refractivity contribution < 1.29 is 19.4 Å². The predicted molar refractivity (Wildman–Crippen MR) is 76.6 cm³/mol. The molecule has 1 aromatic rings. The number of nitrogens with one attached hydrogen (secondary N) is 1. The van der Waals surface area contributed by atoms with Gasteiger partial charge in [-0.2, -0.15) is 0 Å². The number of amides is 1. The molecule has 7 heteroatoms. The van der Waals surface area contributed by atoms with E-state index >= 15 is 0 Å². The van der Waals surface area contributed by atoms with Crippen LogP contribution < -0.4 is 5.32 Å². The molecule has 2 aliphatic rings. The SMILES string of the molecule is CCOC1CC(NC(=O)c2cnc(C(=O)O)cn2)C12CCC2. The smallest absolute Gasteiger partial charge is 0.356 e. The number of carboxylic acids is 1. The van der Waals surface area contributed by atoms with Gasteiger partial charge in [0.1, 0.15) is 5.69 Å². The van der Waals surface area contributed by atoms with Crippen molar-refractivity contribution in [3.05, 3.63) is 23.8 Å². The minimum atomic E-state index is -1.16. The fourth-order valence-corrected chi connectivity index (χ4v) is 3.43. The van der Waals surface area contributed by atoms with Crippen molar-refractivity contribution in [2.45, 2.75) is 44.8 Å². The average molecular weight is 305 g/mol. The molecule has 2 N–H and O–H groups in total. The van der Waals surface area contributed by atoms with E-state index in [0.717, 1.165) is 25.5 Å². The molecule has 1 aromatic heterocycles. The Kier molecular flexibility index (Phi) is 3.82. The molecule has 118 valence electrons. The van der Waals surface area contributed by atoms with E-state index in [2.05, 4.69) is 15.3 Å². The number of nitrogens with zero attached hydrogens (tertiary/aromatic N) is 2. The molecule has 2 unspecified atom stereocenters. The number of aromatic nitrogens is 2. The fourth-order valence-electron chi connectivity index (χ4n) is 3.43. The van der Waals surface area contributed by atoms with Crippen molar-refractivity contribution in [2.24, 2.45) is 5.41 Å². The Morgan fingerprint density at radius 1 is 1.36 bits per heavy atom. The summed E-state index contributed by atoms with van der Waals surface area (Å²) in [5.74, 6) is -1.47. The molecule has 7 nitrogen and oxygen atoms in total. The molecular weight excluding hydrogens is 286 g/mol. The molecule has 2 atom stereocenters. The Labute approximate surface area is 128 Å². The number of ether oxygens (including phenoxy) is 1. The lowest BCUT2D eigenvalue weighted by molar-refractivity contribution is -0.169. The van der Waals surface area contributed by atoms with Crippen LogP contribution in [-0.2, 0) is 4.74 Å². The van der Waals surface area contributed by atoms with Gasteiger partial charge in [0.15, 0.2) is 5.69 Å². The zero-order valence-corrected chi connectivity index (χ0v) is 12.4. The molecule has 2 saturated carbocycles. The second-order valence-corrected chi connectivity index (χ2v) is 5.88. The number of carboxylic acid groups (broad SMARTS) is 1. The highest BCUT2D eigenvalue weighted by Gasteiger charge is 2.59. The van der Waals surface area contributed by atoms with E-state index in [4.69, 9.17) is 9.84 Å². The molecule has 1 amide bonds. The lowest BCUT2D eigenvalue weighted by Gasteiger charge is -2.60. The van der Waals surface area contributed by atoms with Gasteiger partial charge in [0, 0.05) is 18.1 Å². The third kappa shape index (κ3) is 2.35. The van der Waals surface area contributed by atoms with Crippen LogP contribution in [0, 0.1) is 5.41 Å². The summed E-state index contributed by atoms with van der Waals surface area (Å²) >= 11 is 0. The molecule has 2 aliphatic carbocycles. The summed E-state index contributed by atoms with van der Waals surface area (Å²) in [5.41, 5.74) is 0.0477. The largest absolute Gasteiger partial charge is 0.476 e. The van der Waals surface area contributed by atoms with E-state index in [0.29, 0.717) is 6.61 Å². The van der Waals surface area contributed by atoms with Crippen LogP contribution in [0.25, 0.3) is 0 Å². The van der Waals surface area contributed by atoms with E-state index in [1.165, 1.54) is 12.6 Å². The maximum absolute atomic E-state index is 12.2. The molecule has 0 aliphatic heterocycles. The average Bonchev–Trinajstić information content (AvgIpc) is 2.44. The zero-order chi connectivity index (χ0) is 15.7. The van der Waals surface area contributed by atoms with E-state index < -0.39 is 5.97 Å². The number of hydrogen-bond acceptors (Lipinski definition) is 5.